The zero-order valence-corrected chi connectivity index (χ0v) is 16.4. The Kier molecular flexibility index (Phi) is 5.07. The maximum Gasteiger partial charge on any atom is 0.261 e. The summed E-state index contributed by atoms with van der Waals surface area (Å²) in [4.78, 5) is 17.0. The van der Waals surface area contributed by atoms with Crippen molar-refractivity contribution in [1.82, 2.24) is 14.8 Å². The number of nitrogen functional groups attached to an aromatic ring is 1. The standard InChI is InChI=1S/C21H19ClFN5O/c1-28-20(24)18(21(29)26-15-4-5-17(23)16(22)11-15)19(27-28)14-3-2-13(10-14)12-6-8-25-9-7-12/h3-9,11,13H,2,10,24H2,1H3,(H,26,29). The number of allylic oxidation sites excluding steroid dienone is 2. The van der Waals surface area contributed by atoms with E-state index in [2.05, 4.69) is 21.5 Å². The highest BCUT2D eigenvalue weighted by molar-refractivity contribution is 6.31. The molecule has 2 heterocycles. The Bertz CT molecular complexity index is 1110. The van der Waals surface area contributed by atoms with E-state index in [9.17, 15) is 9.18 Å². The molecule has 0 radical (unpaired) electrons. The summed E-state index contributed by atoms with van der Waals surface area (Å²) in [7, 11) is 1.69. The van der Waals surface area contributed by atoms with Gasteiger partial charge < -0.3 is 11.1 Å². The number of aryl methyl sites for hydroxylation is 1. The van der Waals surface area contributed by atoms with Crippen LogP contribution in [0.15, 0.2) is 48.8 Å². The zero-order valence-electron chi connectivity index (χ0n) is 15.7. The van der Waals surface area contributed by atoms with Crippen molar-refractivity contribution in [3.63, 3.8) is 0 Å². The highest BCUT2D eigenvalue weighted by Crippen LogP contribution is 2.40. The van der Waals surface area contributed by atoms with Crippen molar-refractivity contribution in [2.45, 2.75) is 18.8 Å². The average Bonchev–Trinajstić information content (AvgIpc) is 3.31. The van der Waals surface area contributed by atoms with Crippen molar-refractivity contribution in [3.8, 4) is 0 Å². The van der Waals surface area contributed by atoms with E-state index in [-0.39, 0.29) is 10.8 Å². The molecule has 3 N–H and O–H groups in total. The van der Waals surface area contributed by atoms with Gasteiger partial charge in [-0.05, 0) is 60.2 Å². The second-order valence-corrected chi connectivity index (χ2v) is 7.37. The highest BCUT2D eigenvalue weighted by atomic mass is 35.5. The summed E-state index contributed by atoms with van der Waals surface area (Å²) in [6, 6.07) is 8.00. The summed E-state index contributed by atoms with van der Waals surface area (Å²) in [5, 5.41) is 7.14. The number of anilines is 2. The third-order valence-corrected chi connectivity index (χ3v) is 5.38. The van der Waals surface area contributed by atoms with Crippen LogP contribution in [-0.4, -0.2) is 20.7 Å². The molecule has 29 heavy (non-hydrogen) atoms. The van der Waals surface area contributed by atoms with Gasteiger partial charge >= 0.3 is 0 Å². The number of hydrogen-bond acceptors (Lipinski definition) is 4. The minimum Gasteiger partial charge on any atom is -0.383 e. The van der Waals surface area contributed by atoms with Crippen molar-refractivity contribution < 1.29 is 9.18 Å². The summed E-state index contributed by atoms with van der Waals surface area (Å²) < 4.78 is 14.9. The van der Waals surface area contributed by atoms with Gasteiger partial charge in [0.1, 0.15) is 22.9 Å². The van der Waals surface area contributed by atoms with E-state index >= 15 is 0 Å². The molecule has 1 unspecified atom stereocenters. The Labute approximate surface area is 172 Å². The molecule has 3 aromatic rings. The molecule has 0 spiro atoms. The van der Waals surface area contributed by atoms with Crippen LogP contribution in [0.4, 0.5) is 15.9 Å². The first-order valence-electron chi connectivity index (χ1n) is 9.12. The molecule has 0 aliphatic heterocycles. The molecule has 1 aliphatic carbocycles. The summed E-state index contributed by atoms with van der Waals surface area (Å²) >= 11 is 5.81. The number of nitrogens with one attached hydrogen (secondary N) is 1. The Morgan fingerprint density at radius 2 is 2.07 bits per heavy atom. The van der Waals surface area contributed by atoms with Gasteiger partial charge in [-0.25, -0.2) is 4.39 Å². The van der Waals surface area contributed by atoms with Gasteiger partial charge in [0.2, 0.25) is 0 Å². The molecule has 1 aliphatic rings. The number of benzene rings is 1. The molecule has 0 fully saturated rings. The van der Waals surface area contributed by atoms with Crippen LogP contribution in [0.3, 0.4) is 0 Å². The van der Waals surface area contributed by atoms with E-state index < -0.39 is 11.7 Å². The molecule has 4 rings (SSSR count). The van der Waals surface area contributed by atoms with E-state index in [0.717, 1.165) is 18.4 Å². The molecular weight excluding hydrogens is 393 g/mol. The lowest BCUT2D eigenvalue weighted by Gasteiger charge is -2.11. The molecule has 148 valence electrons. The van der Waals surface area contributed by atoms with Crippen LogP contribution in [0.1, 0.15) is 40.4 Å². The first-order chi connectivity index (χ1) is 13.9. The number of nitrogens with two attached hydrogens (primary N) is 1. The number of pyridine rings is 1. The van der Waals surface area contributed by atoms with Crippen molar-refractivity contribution in [2.75, 3.05) is 11.1 Å². The van der Waals surface area contributed by atoms with Crippen LogP contribution in [-0.2, 0) is 7.05 Å². The maximum absolute atomic E-state index is 13.4. The number of nitrogens with zero attached hydrogens (tertiary/aromatic N) is 3. The van der Waals surface area contributed by atoms with Crippen LogP contribution < -0.4 is 11.1 Å². The number of amides is 1. The van der Waals surface area contributed by atoms with E-state index in [0.29, 0.717) is 22.9 Å². The second kappa shape index (κ2) is 7.67. The van der Waals surface area contributed by atoms with Gasteiger partial charge in [0.05, 0.1) is 5.02 Å². The number of carbonyl (C=O) groups is 1. The normalized spacial score (nSPS) is 16.0. The fourth-order valence-corrected chi connectivity index (χ4v) is 3.73. The summed E-state index contributed by atoms with van der Waals surface area (Å²) in [5.41, 5.74) is 9.56. The lowest BCUT2D eigenvalue weighted by atomic mass is 9.95. The van der Waals surface area contributed by atoms with Crippen molar-refractivity contribution in [3.05, 3.63) is 76.5 Å². The second-order valence-electron chi connectivity index (χ2n) is 6.96. The Morgan fingerprint density at radius 3 is 2.79 bits per heavy atom. The Balaban J connectivity index is 1.60. The quantitative estimate of drug-likeness (QED) is 0.666. The smallest absolute Gasteiger partial charge is 0.261 e. The van der Waals surface area contributed by atoms with E-state index in [1.807, 2.05) is 12.1 Å². The minimum absolute atomic E-state index is 0.0686. The Morgan fingerprint density at radius 1 is 1.31 bits per heavy atom. The Hall–Kier alpha value is -3.19. The average molecular weight is 412 g/mol. The molecule has 1 atom stereocenters. The van der Waals surface area contributed by atoms with Gasteiger partial charge in [0.15, 0.2) is 0 Å². The molecule has 0 bridgehead atoms. The third-order valence-electron chi connectivity index (χ3n) is 5.09. The SMILES string of the molecule is Cn1nc(C2=CCC(c3ccncc3)C2)c(C(=O)Nc2ccc(F)c(Cl)c2)c1N. The van der Waals surface area contributed by atoms with Crippen LogP contribution in [0.5, 0.6) is 0 Å². The molecular formula is C21H19ClFN5O. The predicted octanol–water partition coefficient (Wildman–Crippen LogP) is 4.40. The number of carbonyl (C=O) groups excluding carboxylic acids is 1. The lowest BCUT2D eigenvalue weighted by Crippen LogP contribution is -2.15. The fourth-order valence-electron chi connectivity index (χ4n) is 3.55. The maximum atomic E-state index is 13.4. The molecule has 2 aromatic heterocycles. The monoisotopic (exact) mass is 411 g/mol. The summed E-state index contributed by atoms with van der Waals surface area (Å²) in [5.74, 6) is -0.395. The third kappa shape index (κ3) is 3.73. The lowest BCUT2D eigenvalue weighted by molar-refractivity contribution is 0.102. The molecule has 1 amide bonds. The number of rotatable bonds is 4. The van der Waals surface area contributed by atoms with Crippen LogP contribution >= 0.6 is 11.6 Å². The molecule has 1 aromatic carbocycles. The van der Waals surface area contributed by atoms with E-state index in [4.69, 9.17) is 17.3 Å². The van der Waals surface area contributed by atoms with Gasteiger partial charge in [-0.1, -0.05) is 17.7 Å². The summed E-state index contributed by atoms with van der Waals surface area (Å²) in [6.07, 6.45) is 7.25. The fraction of sp³-hybridized carbons (Fsp3) is 0.190. The predicted molar refractivity (Wildman–Crippen MR) is 111 cm³/mol. The highest BCUT2D eigenvalue weighted by Gasteiger charge is 2.28. The van der Waals surface area contributed by atoms with Gasteiger partial charge in [0, 0.05) is 25.1 Å². The van der Waals surface area contributed by atoms with Crippen molar-refractivity contribution in [2.24, 2.45) is 7.05 Å². The van der Waals surface area contributed by atoms with Gasteiger partial charge in [-0.2, -0.15) is 5.10 Å². The first kappa shape index (κ1) is 19.1. The number of aromatic nitrogens is 3. The first-order valence-corrected chi connectivity index (χ1v) is 9.50. The number of hydrogen-bond donors (Lipinski definition) is 2. The van der Waals surface area contributed by atoms with Gasteiger partial charge in [0.25, 0.3) is 5.91 Å². The van der Waals surface area contributed by atoms with E-state index in [1.54, 1.807) is 19.4 Å². The molecule has 0 saturated carbocycles. The summed E-state index contributed by atoms with van der Waals surface area (Å²) in [6.45, 7) is 0. The largest absolute Gasteiger partial charge is 0.383 e. The van der Waals surface area contributed by atoms with Gasteiger partial charge in [-0.15, -0.1) is 0 Å². The van der Waals surface area contributed by atoms with Crippen molar-refractivity contribution in [1.29, 1.82) is 0 Å². The van der Waals surface area contributed by atoms with Gasteiger partial charge in [-0.3, -0.25) is 14.5 Å². The van der Waals surface area contributed by atoms with Crippen LogP contribution in [0.25, 0.3) is 5.57 Å². The van der Waals surface area contributed by atoms with Crippen LogP contribution in [0.2, 0.25) is 5.02 Å². The van der Waals surface area contributed by atoms with E-state index in [1.165, 1.54) is 28.4 Å². The molecule has 6 nitrogen and oxygen atoms in total. The minimum atomic E-state index is -0.551. The number of halogens is 2. The molecule has 8 heteroatoms. The van der Waals surface area contributed by atoms with Crippen LogP contribution in [0, 0.1) is 5.82 Å². The topological polar surface area (TPSA) is 85.8 Å². The zero-order chi connectivity index (χ0) is 20.5. The van der Waals surface area contributed by atoms with Crippen molar-refractivity contribution >= 4 is 34.6 Å². The molecule has 0 saturated heterocycles.